The fraction of sp³-hybridized carbons (Fsp3) is 0.318. The van der Waals surface area contributed by atoms with Crippen molar-refractivity contribution in [1.82, 2.24) is 0 Å². The largest absolute Gasteiger partial charge is 0.462 e. The molecule has 6 heteroatoms. The summed E-state index contributed by atoms with van der Waals surface area (Å²) in [7, 11) is 0. The number of hydrogen-bond acceptors (Lipinski definition) is 5. The summed E-state index contributed by atoms with van der Waals surface area (Å²) in [5.41, 5.74) is 0.582. The molecule has 28 heavy (non-hydrogen) atoms. The van der Waals surface area contributed by atoms with Gasteiger partial charge in [-0.15, -0.1) is 11.8 Å². The number of esters is 1. The monoisotopic (exact) mass is 399 g/mol. The summed E-state index contributed by atoms with van der Waals surface area (Å²) < 4.78 is 5.26. The van der Waals surface area contributed by atoms with E-state index in [9.17, 15) is 14.9 Å². The number of carbonyl (C=O) groups excluding carboxylic acids is 1. The summed E-state index contributed by atoms with van der Waals surface area (Å²) >= 11 is 1.15. The van der Waals surface area contributed by atoms with Crippen molar-refractivity contribution in [2.75, 3.05) is 12.9 Å². The maximum atomic E-state index is 12.3. The van der Waals surface area contributed by atoms with Gasteiger partial charge in [0.05, 0.1) is 16.4 Å². The van der Waals surface area contributed by atoms with Gasteiger partial charge in [0.2, 0.25) is 0 Å². The van der Waals surface area contributed by atoms with Gasteiger partial charge < -0.3 is 4.74 Å². The average Bonchev–Trinajstić information content (AvgIpc) is 2.70. The summed E-state index contributed by atoms with van der Waals surface area (Å²) in [5.74, 6) is -0.519. The summed E-state index contributed by atoms with van der Waals surface area (Å²) in [6.07, 6.45) is 8.50. The van der Waals surface area contributed by atoms with Gasteiger partial charge in [-0.2, -0.15) is 0 Å². The second-order valence-electron chi connectivity index (χ2n) is 6.30. The average molecular weight is 400 g/mol. The molecule has 0 radical (unpaired) electrons. The first kappa shape index (κ1) is 21.7. The molecule has 0 unspecified atom stereocenters. The van der Waals surface area contributed by atoms with Gasteiger partial charge in [0.1, 0.15) is 0 Å². The molecule has 0 bridgehead atoms. The van der Waals surface area contributed by atoms with Crippen LogP contribution in [0.25, 0.3) is 16.8 Å². The van der Waals surface area contributed by atoms with E-state index < -0.39 is 10.9 Å². The van der Waals surface area contributed by atoms with Crippen LogP contribution in [0.3, 0.4) is 0 Å². The van der Waals surface area contributed by atoms with Crippen molar-refractivity contribution in [2.24, 2.45) is 0 Å². The molecule has 0 fully saturated rings. The van der Waals surface area contributed by atoms with Crippen LogP contribution in [0.5, 0.6) is 0 Å². The highest BCUT2D eigenvalue weighted by Crippen LogP contribution is 2.23. The number of allylic oxidation sites excluding steroid dienone is 1. The third-order valence-electron chi connectivity index (χ3n) is 4.27. The van der Waals surface area contributed by atoms with Crippen LogP contribution < -0.4 is 0 Å². The molecular weight excluding hydrogens is 374 g/mol. The van der Waals surface area contributed by atoms with Crippen LogP contribution in [0.4, 0.5) is 0 Å². The Kier molecular flexibility index (Phi) is 8.75. The molecule has 0 spiro atoms. The second-order valence-corrected chi connectivity index (χ2v) is 7.15. The number of rotatable bonds is 10. The Bertz CT molecular complexity index is 884. The van der Waals surface area contributed by atoms with Crippen molar-refractivity contribution in [3.63, 3.8) is 0 Å². The number of fused-ring (bicyclic) bond motifs is 1. The Morgan fingerprint density at radius 1 is 1.14 bits per heavy atom. The van der Waals surface area contributed by atoms with Gasteiger partial charge in [0.15, 0.2) is 0 Å². The SMILES string of the molecule is CCCCCCOC(=O)/C(=C/C(=C\c1cccc2ccccc12)[N+](=O)[O-])SC. The van der Waals surface area contributed by atoms with Crippen molar-refractivity contribution >= 4 is 34.6 Å². The molecule has 2 rings (SSSR count). The summed E-state index contributed by atoms with van der Waals surface area (Å²) in [5, 5.41) is 13.5. The third-order valence-corrected chi connectivity index (χ3v) is 4.99. The third kappa shape index (κ3) is 6.23. The number of unbranched alkanes of at least 4 members (excludes halogenated alkanes) is 3. The molecule has 2 aromatic carbocycles. The zero-order valence-corrected chi connectivity index (χ0v) is 17.0. The molecular formula is C22H25NO4S. The zero-order valence-electron chi connectivity index (χ0n) is 16.2. The summed E-state index contributed by atoms with van der Waals surface area (Å²) in [4.78, 5) is 23.6. The lowest BCUT2D eigenvalue weighted by molar-refractivity contribution is -0.417. The summed E-state index contributed by atoms with van der Waals surface area (Å²) in [6, 6.07) is 13.3. The van der Waals surface area contributed by atoms with Crippen LogP contribution in [0.15, 0.2) is 59.1 Å². The number of carbonyl (C=O) groups is 1. The number of nitrogens with zero attached hydrogens (tertiary/aromatic N) is 1. The molecule has 0 heterocycles. The van der Waals surface area contributed by atoms with Crippen molar-refractivity contribution in [3.05, 3.63) is 74.8 Å². The van der Waals surface area contributed by atoms with Crippen LogP contribution in [0.2, 0.25) is 0 Å². The van der Waals surface area contributed by atoms with E-state index in [1.54, 1.807) is 6.26 Å². The van der Waals surface area contributed by atoms with Gasteiger partial charge in [-0.3, -0.25) is 10.1 Å². The van der Waals surface area contributed by atoms with Crippen molar-refractivity contribution in [2.45, 2.75) is 32.6 Å². The molecule has 0 aromatic heterocycles. The lowest BCUT2D eigenvalue weighted by atomic mass is 10.0. The van der Waals surface area contributed by atoms with E-state index in [-0.39, 0.29) is 10.6 Å². The molecule has 0 saturated carbocycles. The highest BCUT2D eigenvalue weighted by molar-refractivity contribution is 8.03. The highest BCUT2D eigenvalue weighted by atomic mass is 32.2. The normalized spacial score (nSPS) is 12.2. The lowest BCUT2D eigenvalue weighted by Gasteiger charge is -2.06. The van der Waals surface area contributed by atoms with Crippen LogP contribution in [-0.4, -0.2) is 23.8 Å². The topological polar surface area (TPSA) is 69.4 Å². The molecule has 0 N–H and O–H groups in total. The van der Waals surface area contributed by atoms with Gasteiger partial charge in [0, 0.05) is 12.2 Å². The fourth-order valence-corrected chi connectivity index (χ4v) is 3.25. The lowest BCUT2D eigenvalue weighted by Crippen LogP contribution is -2.08. The maximum Gasteiger partial charge on any atom is 0.344 e. The quantitative estimate of drug-likeness (QED) is 0.126. The number of nitro groups is 1. The second kappa shape index (κ2) is 11.3. The first-order valence-electron chi connectivity index (χ1n) is 9.33. The number of benzene rings is 2. The van der Waals surface area contributed by atoms with Crippen LogP contribution in [0.1, 0.15) is 38.2 Å². The molecule has 148 valence electrons. The van der Waals surface area contributed by atoms with E-state index in [1.165, 1.54) is 12.2 Å². The summed E-state index contributed by atoms with van der Waals surface area (Å²) in [6.45, 7) is 2.44. The molecule has 0 saturated heterocycles. The van der Waals surface area contributed by atoms with Crippen molar-refractivity contribution < 1.29 is 14.5 Å². The molecule has 0 aliphatic heterocycles. The van der Waals surface area contributed by atoms with E-state index in [1.807, 2.05) is 42.5 Å². The van der Waals surface area contributed by atoms with Crippen molar-refractivity contribution in [1.29, 1.82) is 0 Å². The van der Waals surface area contributed by atoms with Crippen molar-refractivity contribution in [3.8, 4) is 0 Å². The van der Waals surface area contributed by atoms with Gasteiger partial charge in [-0.1, -0.05) is 68.7 Å². The molecule has 0 aliphatic rings. The van der Waals surface area contributed by atoms with E-state index in [0.717, 1.165) is 53.8 Å². The molecule has 2 aromatic rings. The van der Waals surface area contributed by atoms with Gasteiger partial charge in [0.25, 0.3) is 5.70 Å². The first-order chi connectivity index (χ1) is 13.6. The van der Waals surface area contributed by atoms with Gasteiger partial charge >= 0.3 is 5.97 Å². The molecule has 0 amide bonds. The minimum Gasteiger partial charge on any atom is -0.462 e. The van der Waals surface area contributed by atoms with Crippen LogP contribution in [0, 0.1) is 10.1 Å². The van der Waals surface area contributed by atoms with E-state index in [2.05, 4.69) is 6.92 Å². The Balaban J connectivity index is 2.24. The number of ether oxygens (including phenoxy) is 1. The smallest absolute Gasteiger partial charge is 0.344 e. The first-order valence-corrected chi connectivity index (χ1v) is 10.6. The van der Waals surface area contributed by atoms with Crippen LogP contribution >= 0.6 is 11.8 Å². The van der Waals surface area contributed by atoms with Crippen LogP contribution in [-0.2, 0) is 9.53 Å². The number of hydrogen-bond donors (Lipinski definition) is 0. The predicted molar refractivity (Wildman–Crippen MR) is 116 cm³/mol. The maximum absolute atomic E-state index is 12.3. The number of thioether (sulfide) groups is 1. The van der Waals surface area contributed by atoms with Gasteiger partial charge in [-0.25, -0.2) is 4.79 Å². The zero-order chi connectivity index (χ0) is 20.4. The van der Waals surface area contributed by atoms with Gasteiger partial charge in [-0.05, 0) is 29.0 Å². The highest BCUT2D eigenvalue weighted by Gasteiger charge is 2.16. The molecule has 5 nitrogen and oxygen atoms in total. The standard InChI is InChI=1S/C22H25NO4S/c1-3-4-5-8-14-27-22(24)21(28-2)16-19(23(25)26)15-18-12-9-11-17-10-6-7-13-20(17)18/h6-7,9-13,15-16H,3-5,8,14H2,1-2H3/b19-15+,21-16-. The minimum atomic E-state index is -0.519. The Morgan fingerprint density at radius 2 is 1.89 bits per heavy atom. The molecule has 0 aliphatic carbocycles. The fourth-order valence-electron chi connectivity index (χ4n) is 2.78. The predicted octanol–water partition coefficient (Wildman–Crippen LogP) is 5.83. The van der Waals surface area contributed by atoms with E-state index in [4.69, 9.17) is 4.74 Å². The van der Waals surface area contributed by atoms with E-state index >= 15 is 0 Å². The minimum absolute atomic E-state index is 0.149. The Labute approximate surface area is 169 Å². The Morgan fingerprint density at radius 3 is 2.61 bits per heavy atom. The van der Waals surface area contributed by atoms with E-state index in [0.29, 0.717) is 6.61 Å². The Hall–Kier alpha value is -2.60. The molecule has 0 atom stereocenters.